The van der Waals surface area contributed by atoms with Crippen LogP contribution in [0.5, 0.6) is 0 Å². The van der Waals surface area contributed by atoms with E-state index in [9.17, 15) is 9.18 Å². The molecule has 0 radical (unpaired) electrons. The van der Waals surface area contributed by atoms with Crippen molar-refractivity contribution in [3.05, 3.63) is 29.3 Å². The van der Waals surface area contributed by atoms with Gasteiger partial charge in [0.25, 0.3) is 0 Å². The number of halogens is 1. The molecule has 1 aromatic rings. The Labute approximate surface area is 69.2 Å². The molecule has 1 rings (SSSR count). The van der Waals surface area contributed by atoms with Gasteiger partial charge in [-0.2, -0.15) is 0 Å². The Morgan fingerprint density at radius 3 is 2.75 bits per heavy atom. The van der Waals surface area contributed by atoms with Gasteiger partial charge in [-0.3, -0.25) is 0 Å². The van der Waals surface area contributed by atoms with Gasteiger partial charge in [-0.1, -0.05) is 0 Å². The Morgan fingerprint density at radius 2 is 2.25 bits per heavy atom. The number of hydrogen-bond donors (Lipinski definition) is 0. The zero-order valence-corrected chi connectivity index (χ0v) is 6.80. The molecule has 0 unspecified atom stereocenters. The number of methoxy groups -OCH3 is 1. The van der Waals surface area contributed by atoms with Crippen LogP contribution in [0.4, 0.5) is 4.39 Å². The second kappa shape index (κ2) is 3.30. The standard InChI is InChI=1S/C8H8FNO2/c1-5-3-6(9)4-7(10-5)8(11)12-2/h3-4H,1-2H3. The van der Waals surface area contributed by atoms with Gasteiger partial charge < -0.3 is 4.74 Å². The number of aryl methyl sites for hydroxylation is 1. The van der Waals surface area contributed by atoms with Crippen molar-refractivity contribution in [1.29, 1.82) is 0 Å². The molecule has 64 valence electrons. The number of aromatic nitrogens is 1. The molecule has 3 nitrogen and oxygen atoms in total. The summed E-state index contributed by atoms with van der Waals surface area (Å²) in [5.74, 6) is -1.11. The smallest absolute Gasteiger partial charge is 0.356 e. The molecule has 12 heavy (non-hydrogen) atoms. The molecule has 1 heterocycles. The van der Waals surface area contributed by atoms with Gasteiger partial charge in [0.05, 0.1) is 7.11 Å². The number of nitrogens with zero attached hydrogens (tertiary/aromatic N) is 1. The van der Waals surface area contributed by atoms with Crippen molar-refractivity contribution in [3.8, 4) is 0 Å². The van der Waals surface area contributed by atoms with Crippen molar-refractivity contribution < 1.29 is 13.9 Å². The van der Waals surface area contributed by atoms with Crippen molar-refractivity contribution in [1.82, 2.24) is 4.98 Å². The highest BCUT2D eigenvalue weighted by Gasteiger charge is 2.08. The lowest BCUT2D eigenvalue weighted by atomic mass is 10.3. The van der Waals surface area contributed by atoms with Crippen molar-refractivity contribution in [2.75, 3.05) is 7.11 Å². The Morgan fingerprint density at radius 1 is 1.58 bits per heavy atom. The fourth-order valence-electron chi connectivity index (χ4n) is 0.836. The molecular formula is C8H8FNO2. The molecule has 0 spiro atoms. The van der Waals surface area contributed by atoms with Crippen LogP contribution in [0.15, 0.2) is 12.1 Å². The molecule has 0 saturated heterocycles. The minimum Gasteiger partial charge on any atom is -0.464 e. The highest BCUT2D eigenvalue weighted by Crippen LogP contribution is 2.04. The van der Waals surface area contributed by atoms with E-state index in [2.05, 4.69) is 9.72 Å². The fraction of sp³-hybridized carbons (Fsp3) is 0.250. The first kappa shape index (κ1) is 8.64. The molecule has 0 aliphatic rings. The largest absolute Gasteiger partial charge is 0.464 e. The third-order valence-corrected chi connectivity index (χ3v) is 1.31. The summed E-state index contributed by atoms with van der Waals surface area (Å²) in [7, 11) is 1.23. The van der Waals surface area contributed by atoms with Crippen LogP contribution in [0.2, 0.25) is 0 Å². The lowest BCUT2D eigenvalue weighted by Crippen LogP contribution is -2.05. The maximum atomic E-state index is 12.7. The first-order valence-corrected chi connectivity index (χ1v) is 3.36. The summed E-state index contributed by atoms with van der Waals surface area (Å²) in [6, 6.07) is 2.28. The van der Waals surface area contributed by atoms with E-state index in [0.717, 1.165) is 6.07 Å². The summed E-state index contributed by atoms with van der Waals surface area (Å²) in [5.41, 5.74) is 0.449. The Hall–Kier alpha value is -1.45. The molecule has 0 atom stereocenters. The Kier molecular flexibility index (Phi) is 2.38. The van der Waals surface area contributed by atoms with Crippen LogP contribution >= 0.6 is 0 Å². The maximum absolute atomic E-state index is 12.7. The molecule has 0 fully saturated rings. The summed E-state index contributed by atoms with van der Waals surface area (Å²) in [4.78, 5) is 14.7. The van der Waals surface area contributed by atoms with Crippen molar-refractivity contribution in [2.24, 2.45) is 0 Å². The maximum Gasteiger partial charge on any atom is 0.356 e. The summed E-state index contributed by atoms with van der Waals surface area (Å²) < 4.78 is 17.1. The molecule has 0 aromatic carbocycles. The number of carbonyl (C=O) groups excluding carboxylic acids is 1. The van der Waals surface area contributed by atoms with Crippen LogP contribution in [-0.4, -0.2) is 18.1 Å². The van der Waals surface area contributed by atoms with Crippen LogP contribution in [0.3, 0.4) is 0 Å². The van der Waals surface area contributed by atoms with Crippen molar-refractivity contribution >= 4 is 5.97 Å². The quantitative estimate of drug-likeness (QED) is 0.595. The number of pyridine rings is 1. The van der Waals surface area contributed by atoms with Gasteiger partial charge in [0.1, 0.15) is 5.82 Å². The molecule has 0 saturated carbocycles. The van der Waals surface area contributed by atoms with E-state index >= 15 is 0 Å². The van der Waals surface area contributed by atoms with Crippen LogP contribution in [0, 0.1) is 12.7 Å². The summed E-state index contributed by atoms with van der Waals surface area (Å²) >= 11 is 0. The van der Waals surface area contributed by atoms with E-state index in [1.54, 1.807) is 6.92 Å². The van der Waals surface area contributed by atoms with Gasteiger partial charge >= 0.3 is 5.97 Å². The zero-order chi connectivity index (χ0) is 9.14. The molecule has 0 aliphatic carbocycles. The van der Waals surface area contributed by atoms with E-state index in [4.69, 9.17) is 0 Å². The number of hydrogen-bond acceptors (Lipinski definition) is 3. The second-order valence-corrected chi connectivity index (χ2v) is 2.30. The molecule has 4 heteroatoms. The van der Waals surface area contributed by atoms with E-state index < -0.39 is 11.8 Å². The SMILES string of the molecule is COC(=O)c1cc(F)cc(C)n1. The molecule has 0 aliphatic heterocycles. The third kappa shape index (κ3) is 1.78. The average molecular weight is 169 g/mol. The Balaban J connectivity index is 3.08. The number of ether oxygens (including phenoxy) is 1. The van der Waals surface area contributed by atoms with Crippen LogP contribution in [0.1, 0.15) is 16.2 Å². The van der Waals surface area contributed by atoms with Crippen molar-refractivity contribution in [3.63, 3.8) is 0 Å². The summed E-state index contributed by atoms with van der Waals surface area (Å²) in [5, 5.41) is 0. The number of carbonyl (C=O) groups is 1. The zero-order valence-electron chi connectivity index (χ0n) is 6.80. The van der Waals surface area contributed by atoms with Crippen LogP contribution in [-0.2, 0) is 4.74 Å². The molecule has 0 N–H and O–H groups in total. The lowest BCUT2D eigenvalue weighted by molar-refractivity contribution is 0.0593. The minimum absolute atomic E-state index is 0.00463. The predicted octanol–water partition coefficient (Wildman–Crippen LogP) is 1.32. The normalized spacial score (nSPS) is 9.58. The minimum atomic E-state index is -0.627. The molecule has 0 amide bonds. The second-order valence-electron chi connectivity index (χ2n) is 2.30. The summed E-state index contributed by atoms with van der Waals surface area (Å²) in [6.45, 7) is 1.61. The molecular weight excluding hydrogens is 161 g/mol. The van der Waals surface area contributed by atoms with E-state index in [1.165, 1.54) is 13.2 Å². The highest BCUT2D eigenvalue weighted by molar-refractivity contribution is 5.87. The van der Waals surface area contributed by atoms with Gasteiger partial charge in [-0.05, 0) is 13.0 Å². The van der Waals surface area contributed by atoms with E-state index in [0.29, 0.717) is 5.69 Å². The number of esters is 1. The Bertz CT molecular complexity index is 292. The fourth-order valence-corrected chi connectivity index (χ4v) is 0.836. The molecule has 1 aromatic heterocycles. The third-order valence-electron chi connectivity index (χ3n) is 1.31. The first-order valence-electron chi connectivity index (χ1n) is 3.36. The highest BCUT2D eigenvalue weighted by atomic mass is 19.1. The predicted molar refractivity (Wildman–Crippen MR) is 40.3 cm³/mol. The first-order chi connectivity index (χ1) is 5.63. The molecule has 0 bridgehead atoms. The summed E-state index contributed by atoms with van der Waals surface area (Å²) in [6.07, 6.45) is 0. The lowest BCUT2D eigenvalue weighted by Gasteiger charge is -1.99. The monoisotopic (exact) mass is 169 g/mol. The van der Waals surface area contributed by atoms with Gasteiger partial charge in [-0.15, -0.1) is 0 Å². The van der Waals surface area contributed by atoms with Gasteiger partial charge in [0.2, 0.25) is 0 Å². The van der Waals surface area contributed by atoms with Crippen molar-refractivity contribution in [2.45, 2.75) is 6.92 Å². The van der Waals surface area contributed by atoms with E-state index in [-0.39, 0.29) is 5.69 Å². The van der Waals surface area contributed by atoms with Gasteiger partial charge in [0, 0.05) is 11.8 Å². The van der Waals surface area contributed by atoms with Crippen LogP contribution < -0.4 is 0 Å². The van der Waals surface area contributed by atoms with E-state index in [1.807, 2.05) is 0 Å². The van der Waals surface area contributed by atoms with Gasteiger partial charge in [-0.25, -0.2) is 14.2 Å². The number of rotatable bonds is 1. The average Bonchev–Trinajstić information content (AvgIpc) is 2.01. The van der Waals surface area contributed by atoms with Crippen LogP contribution in [0.25, 0.3) is 0 Å². The topological polar surface area (TPSA) is 39.2 Å². The van der Waals surface area contributed by atoms with Gasteiger partial charge in [0.15, 0.2) is 5.69 Å².